The molecule has 6 nitrogen and oxygen atoms in total. The summed E-state index contributed by atoms with van der Waals surface area (Å²) >= 11 is 0. The lowest BCUT2D eigenvalue weighted by atomic mass is 9.71. The number of ether oxygens (including phenoxy) is 1. The summed E-state index contributed by atoms with van der Waals surface area (Å²) in [6, 6.07) is 10.2. The van der Waals surface area contributed by atoms with Gasteiger partial charge in [-0.05, 0) is 93.8 Å². The number of nitrogens with zero attached hydrogens (tertiary/aromatic N) is 4. The molecular formula is C27H32N4O2. The van der Waals surface area contributed by atoms with Crippen molar-refractivity contribution in [3.63, 3.8) is 0 Å². The lowest BCUT2D eigenvalue weighted by Gasteiger charge is -2.47. The van der Waals surface area contributed by atoms with E-state index in [0.29, 0.717) is 17.6 Å². The van der Waals surface area contributed by atoms with E-state index in [9.17, 15) is 4.79 Å². The Morgan fingerprint density at radius 3 is 2.48 bits per heavy atom. The Morgan fingerprint density at radius 2 is 1.79 bits per heavy atom. The number of anilines is 1. The molecule has 1 aromatic heterocycles. The molecule has 2 aromatic rings. The number of carbonyl (C=O) groups excluding carboxylic acids is 1. The van der Waals surface area contributed by atoms with Crippen LogP contribution in [0.3, 0.4) is 0 Å². The number of rotatable bonds is 4. The monoisotopic (exact) mass is 444 g/mol. The van der Waals surface area contributed by atoms with Crippen LogP contribution < -0.4 is 4.90 Å². The van der Waals surface area contributed by atoms with Gasteiger partial charge in [-0.2, -0.15) is 5.26 Å². The fourth-order valence-corrected chi connectivity index (χ4v) is 5.75. The van der Waals surface area contributed by atoms with Crippen molar-refractivity contribution in [3.8, 4) is 6.07 Å². The fourth-order valence-electron chi connectivity index (χ4n) is 5.75. The Labute approximate surface area is 196 Å². The minimum absolute atomic E-state index is 0.183. The highest BCUT2D eigenvalue weighted by molar-refractivity contribution is 5.93. The molecule has 3 aliphatic rings. The number of esters is 1. The van der Waals surface area contributed by atoms with Crippen LogP contribution >= 0.6 is 0 Å². The maximum atomic E-state index is 11.8. The van der Waals surface area contributed by atoms with Gasteiger partial charge in [-0.15, -0.1) is 0 Å². The van der Waals surface area contributed by atoms with Gasteiger partial charge in [0.1, 0.15) is 18.5 Å². The molecule has 4 heterocycles. The number of hydrogen-bond donors (Lipinski definition) is 0. The van der Waals surface area contributed by atoms with Gasteiger partial charge in [0.15, 0.2) is 0 Å². The first-order valence-corrected chi connectivity index (χ1v) is 12.1. The zero-order chi connectivity index (χ0) is 23.0. The van der Waals surface area contributed by atoms with Gasteiger partial charge in [0, 0.05) is 25.2 Å². The summed E-state index contributed by atoms with van der Waals surface area (Å²) in [4.78, 5) is 21.4. The number of aryl methyl sites for hydroxylation is 1. The topological polar surface area (TPSA) is 69.5 Å². The number of benzene rings is 1. The third kappa shape index (κ3) is 4.22. The Hall–Kier alpha value is -2.91. The van der Waals surface area contributed by atoms with E-state index in [1.807, 2.05) is 25.1 Å². The van der Waals surface area contributed by atoms with E-state index < -0.39 is 0 Å². The van der Waals surface area contributed by atoms with E-state index in [0.717, 1.165) is 48.7 Å². The highest BCUT2D eigenvalue weighted by Crippen LogP contribution is 2.42. The Kier molecular flexibility index (Phi) is 5.84. The molecule has 6 heteroatoms. The first-order chi connectivity index (χ1) is 16.0. The van der Waals surface area contributed by atoms with Gasteiger partial charge in [-0.1, -0.05) is 6.07 Å². The molecule has 0 radical (unpaired) electrons. The number of likely N-dealkylation sites (tertiary alicyclic amines) is 1. The van der Waals surface area contributed by atoms with Crippen molar-refractivity contribution in [3.05, 3.63) is 57.8 Å². The molecule has 0 atom stereocenters. The predicted octanol–water partition coefficient (Wildman–Crippen LogP) is 4.17. The number of nitriles is 1. The summed E-state index contributed by atoms with van der Waals surface area (Å²) < 4.78 is 5.20. The standard InChI is InChI=1S/C27H32N4O2/c1-19-21(3-5-23-24(19)18-33-26(23)32)7-12-30-13-8-27(9-14-30)10-15-31(16-11-27)25-6-4-22(17-28)20(2)29-25/h3-6H,7-16,18H2,1-2H3. The quantitative estimate of drug-likeness (QED) is 0.660. The van der Waals surface area contributed by atoms with Gasteiger partial charge in [-0.3, -0.25) is 0 Å². The summed E-state index contributed by atoms with van der Waals surface area (Å²) in [5, 5.41) is 9.15. The largest absolute Gasteiger partial charge is 0.457 e. The van der Waals surface area contributed by atoms with Crippen molar-refractivity contribution < 1.29 is 9.53 Å². The molecule has 1 aromatic carbocycles. The van der Waals surface area contributed by atoms with Crippen LogP contribution in [0.4, 0.5) is 5.82 Å². The summed E-state index contributed by atoms with van der Waals surface area (Å²) in [7, 11) is 0. The van der Waals surface area contributed by atoms with E-state index in [4.69, 9.17) is 10.00 Å². The number of cyclic esters (lactones) is 1. The molecule has 0 saturated carbocycles. The zero-order valence-corrected chi connectivity index (χ0v) is 19.7. The number of pyridine rings is 1. The van der Waals surface area contributed by atoms with Crippen LogP contribution in [0.25, 0.3) is 0 Å². The minimum Gasteiger partial charge on any atom is -0.457 e. The van der Waals surface area contributed by atoms with Crippen LogP contribution in [0.1, 0.15) is 64.0 Å². The average molecular weight is 445 g/mol. The number of fused-ring (bicyclic) bond motifs is 1. The van der Waals surface area contributed by atoms with Crippen molar-refractivity contribution in [2.45, 2.75) is 52.6 Å². The molecule has 5 rings (SSSR count). The highest BCUT2D eigenvalue weighted by Gasteiger charge is 2.37. The SMILES string of the molecule is Cc1nc(N2CCC3(CCN(CCc4ccc5c(c4C)COC5=O)CC3)CC2)ccc1C#N. The van der Waals surface area contributed by atoms with Crippen molar-refractivity contribution in [2.75, 3.05) is 37.6 Å². The molecule has 2 saturated heterocycles. The first-order valence-electron chi connectivity index (χ1n) is 12.1. The van der Waals surface area contributed by atoms with Crippen LogP contribution in [-0.4, -0.2) is 48.6 Å². The molecular weight excluding hydrogens is 412 g/mol. The molecule has 1 spiro atoms. The molecule has 3 aliphatic heterocycles. The third-order valence-corrected chi connectivity index (χ3v) is 8.23. The van der Waals surface area contributed by atoms with Gasteiger partial charge >= 0.3 is 5.97 Å². The molecule has 0 aliphatic carbocycles. The number of hydrogen-bond acceptors (Lipinski definition) is 6. The van der Waals surface area contributed by atoms with E-state index in [2.05, 4.69) is 33.8 Å². The zero-order valence-electron chi connectivity index (χ0n) is 19.7. The van der Waals surface area contributed by atoms with Gasteiger partial charge in [0.05, 0.1) is 16.8 Å². The van der Waals surface area contributed by atoms with Gasteiger partial charge in [0.2, 0.25) is 0 Å². The maximum absolute atomic E-state index is 11.8. The molecule has 33 heavy (non-hydrogen) atoms. The highest BCUT2D eigenvalue weighted by atomic mass is 16.5. The van der Waals surface area contributed by atoms with Crippen molar-refractivity contribution in [1.82, 2.24) is 9.88 Å². The van der Waals surface area contributed by atoms with E-state index in [1.54, 1.807) is 0 Å². The molecule has 2 fully saturated rings. The van der Waals surface area contributed by atoms with Gasteiger partial charge < -0.3 is 14.5 Å². The van der Waals surface area contributed by atoms with Crippen molar-refractivity contribution in [1.29, 1.82) is 5.26 Å². The van der Waals surface area contributed by atoms with Gasteiger partial charge in [0.25, 0.3) is 0 Å². The van der Waals surface area contributed by atoms with Crippen LogP contribution in [0, 0.1) is 30.6 Å². The summed E-state index contributed by atoms with van der Waals surface area (Å²) in [5.74, 6) is 0.827. The second kappa shape index (κ2) is 8.79. The molecule has 0 N–H and O–H groups in total. The summed E-state index contributed by atoms with van der Waals surface area (Å²) in [6.45, 7) is 9.97. The number of aromatic nitrogens is 1. The second-order valence-corrected chi connectivity index (χ2v) is 9.94. The smallest absolute Gasteiger partial charge is 0.338 e. The predicted molar refractivity (Wildman–Crippen MR) is 127 cm³/mol. The Balaban J connectivity index is 1.13. The summed E-state index contributed by atoms with van der Waals surface area (Å²) in [5.41, 5.74) is 6.34. The third-order valence-electron chi connectivity index (χ3n) is 8.23. The number of piperidine rings is 2. The molecule has 0 amide bonds. The van der Waals surface area contributed by atoms with Gasteiger partial charge in [-0.25, -0.2) is 9.78 Å². The van der Waals surface area contributed by atoms with E-state index in [-0.39, 0.29) is 5.97 Å². The lowest BCUT2D eigenvalue weighted by molar-refractivity contribution is 0.0535. The Morgan fingerprint density at radius 1 is 1.06 bits per heavy atom. The van der Waals surface area contributed by atoms with E-state index in [1.165, 1.54) is 49.9 Å². The number of carbonyl (C=O) groups is 1. The molecule has 0 unspecified atom stereocenters. The maximum Gasteiger partial charge on any atom is 0.338 e. The molecule has 0 bridgehead atoms. The van der Waals surface area contributed by atoms with Crippen LogP contribution in [0.15, 0.2) is 24.3 Å². The lowest BCUT2D eigenvalue weighted by Crippen LogP contribution is -2.47. The Bertz CT molecular complexity index is 1100. The van der Waals surface area contributed by atoms with Crippen LogP contribution in [0.5, 0.6) is 0 Å². The summed E-state index contributed by atoms with van der Waals surface area (Å²) in [6.07, 6.45) is 6.01. The second-order valence-electron chi connectivity index (χ2n) is 9.94. The first kappa shape index (κ1) is 21.9. The average Bonchev–Trinajstić information content (AvgIpc) is 3.22. The fraction of sp³-hybridized carbons (Fsp3) is 0.519. The van der Waals surface area contributed by atoms with Crippen molar-refractivity contribution in [2.24, 2.45) is 5.41 Å². The normalized spacial score (nSPS) is 19.9. The van der Waals surface area contributed by atoms with Crippen LogP contribution in [0.2, 0.25) is 0 Å². The van der Waals surface area contributed by atoms with Crippen molar-refractivity contribution >= 4 is 11.8 Å². The van der Waals surface area contributed by atoms with E-state index >= 15 is 0 Å². The minimum atomic E-state index is -0.183. The molecule has 172 valence electrons. The van der Waals surface area contributed by atoms with Crippen LogP contribution in [-0.2, 0) is 17.8 Å².